The Hall–Kier alpha value is -6.40. The van der Waals surface area contributed by atoms with E-state index in [0.717, 1.165) is 27.6 Å². The van der Waals surface area contributed by atoms with E-state index in [0.29, 0.717) is 23.4 Å². The largest absolute Gasteiger partial charge is 0.508 e. The number of hydrogen-bond acceptors (Lipinski definition) is 7. The van der Waals surface area contributed by atoms with Crippen LogP contribution in [0.4, 0.5) is 5.69 Å². The fourth-order valence-electron chi connectivity index (χ4n) is 7.74. The number of aromatic nitrogens is 1. The number of rotatable bonds is 12. The number of hydrogen-bond donors (Lipinski definition) is 2. The van der Waals surface area contributed by atoms with Gasteiger partial charge < -0.3 is 29.5 Å². The monoisotopic (exact) mass is 740 g/mol. The van der Waals surface area contributed by atoms with Gasteiger partial charge in [0.05, 0.1) is 31.3 Å². The number of aromatic hydroxyl groups is 1. The first-order valence-corrected chi connectivity index (χ1v) is 18.3. The second-order valence-electron chi connectivity index (χ2n) is 13.9. The molecule has 0 radical (unpaired) electrons. The van der Waals surface area contributed by atoms with Gasteiger partial charge in [0.25, 0.3) is 5.91 Å². The number of hydrazine groups is 1. The lowest BCUT2D eigenvalue weighted by Gasteiger charge is -2.55. The number of phenols is 1. The Morgan fingerprint density at radius 3 is 2.47 bits per heavy atom. The van der Waals surface area contributed by atoms with E-state index < -0.39 is 12.2 Å². The molecule has 5 aromatic rings. The van der Waals surface area contributed by atoms with Gasteiger partial charge in [-0.3, -0.25) is 19.2 Å². The second-order valence-corrected chi connectivity index (χ2v) is 13.9. The molecule has 2 atom stereocenters. The van der Waals surface area contributed by atoms with Gasteiger partial charge in [-0.25, -0.2) is 10.0 Å². The van der Waals surface area contributed by atoms with Gasteiger partial charge >= 0.3 is 0 Å². The van der Waals surface area contributed by atoms with E-state index in [1.165, 1.54) is 0 Å². The summed E-state index contributed by atoms with van der Waals surface area (Å²) in [5.74, 6) is -0.255. The van der Waals surface area contributed by atoms with Gasteiger partial charge in [0, 0.05) is 56.3 Å². The van der Waals surface area contributed by atoms with Gasteiger partial charge in [0.15, 0.2) is 0 Å². The van der Waals surface area contributed by atoms with E-state index in [4.69, 9.17) is 4.74 Å². The Kier molecular flexibility index (Phi) is 10.7. The number of ether oxygens (including phenoxy) is 1. The van der Waals surface area contributed by atoms with Crippen LogP contribution in [0.2, 0.25) is 0 Å². The molecule has 2 aliphatic heterocycles. The van der Waals surface area contributed by atoms with Crippen LogP contribution < -0.4 is 10.1 Å². The van der Waals surface area contributed by atoms with Crippen LogP contribution in [0.15, 0.2) is 116 Å². The summed E-state index contributed by atoms with van der Waals surface area (Å²) in [4.78, 5) is 59.8. The third-order valence-corrected chi connectivity index (χ3v) is 10.3. The maximum absolute atomic E-state index is 14.7. The van der Waals surface area contributed by atoms with Crippen LogP contribution in [0.25, 0.3) is 10.9 Å². The van der Waals surface area contributed by atoms with Crippen molar-refractivity contribution < 1.29 is 29.0 Å². The Morgan fingerprint density at radius 2 is 1.73 bits per heavy atom. The molecule has 282 valence electrons. The average Bonchev–Trinajstić information content (AvgIpc) is 3.54. The number of para-hydroxylation sites is 1. The minimum Gasteiger partial charge on any atom is -0.508 e. The molecule has 0 saturated carbocycles. The molecular formula is C43H44N6O6. The number of nitrogens with zero attached hydrogens (tertiary/aromatic N) is 5. The van der Waals surface area contributed by atoms with Gasteiger partial charge in [-0.2, -0.15) is 0 Å². The molecule has 4 amide bonds. The zero-order chi connectivity index (χ0) is 38.6. The highest BCUT2D eigenvalue weighted by atomic mass is 16.5. The summed E-state index contributed by atoms with van der Waals surface area (Å²) in [7, 11) is 3.43. The zero-order valence-electron chi connectivity index (χ0n) is 30.9. The topological polar surface area (TPSA) is 128 Å². The Morgan fingerprint density at radius 1 is 0.964 bits per heavy atom. The molecule has 2 N–H and O–H groups in total. The molecular weight excluding hydrogens is 697 g/mol. The SMILES string of the molecule is C=CCN1CC(=O)N2[C@H](Cc3ccc(O)cc3)C(=O)N(Cc3cccc4c(C(=O)Nc5cccc(OC)c5)cn(C)c34)C[C@@H]2N1C(=O)CCc1ccccc1. The van der Waals surface area contributed by atoms with E-state index in [-0.39, 0.29) is 68.4 Å². The molecule has 2 fully saturated rings. The standard InChI is InChI=1S/C43H44N6O6/c1-4-22-47-28-40(52)48-37(23-30-16-19-33(50)20-17-30)43(54)46(27-38(48)49(47)39(51)21-18-29-10-6-5-7-11-29)25-31-12-8-15-35-36(26-45(2)41(31)35)42(53)44-32-13-9-14-34(24-32)55-3/h4-17,19-20,24,26,37-38,50H,1,18,21-23,25,27-28H2,2-3H3,(H,44,53)/t37-,38+/m1/s1. The number of carbonyl (C=O) groups is 4. The van der Waals surface area contributed by atoms with Crippen LogP contribution >= 0.6 is 0 Å². The summed E-state index contributed by atoms with van der Waals surface area (Å²) in [5, 5.41) is 17.0. The van der Waals surface area contributed by atoms with Crippen molar-refractivity contribution in [3.63, 3.8) is 0 Å². The number of anilines is 1. The minimum atomic E-state index is -0.914. The molecule has 0 bridgehead atoms. The molecule has 3 heterocycles. The number of fused-ring (bicyclic) bond motifs is 2. The van der Waals surface area contributed by atoms with E-state index in [9.17, 15) is 24.3 Å². The molecule has 0 unspecified atom stereocenters. The first kappa shape index (κ1) is 36.9. The van der Waals surface area contributed by atoms with Gasteiger partial charge in [0.2, 0.25) is 17.7 Å². The quantitative estimate of drug-likeness (QED) is 0.170. The highest BCUT2D eigenvalue weighted by Gasteiger charge is 2.51. The molecule has 0 spiro atoms. The fourth-order valence-corrected chi connectivity index (χ4v) is 7.74. The molecule has 1 aromatic heterocycles. The van der Waals surface area contributed by atoms with Crippen LogP contribution in [-0.2, 0) is 40.8 Å². The lowest BCUT2D eigenvalue weighted by atomic mass is 9.97. The van der Waals surface area contributed by atoms with Crippen LogP contribution in [0.1, 0.15) is 33.5 Å². The highest BCUT2D eigenvalue weighted by Crippen LogP contribution is 2.32. The summed E-state index contributed by atoms with van der Waals surface area (Å²) in [6.07, 6.45) is 3.57. The van der Waals surface area contributed by atoms with E-state index in [1.54, 1.807) is 87.7 Å². The first-order valence-electron chi connectivity index (χ1n) is 18.3. The van der Waals surface area contributed by atoms with E-state index >= 15 is 0 Å². The predicted octanol–water partition coefficient (Wildman–Crippen LogP) is 5.13. The molecule has 55 heavy (non-hydrogen) atoms. The number of benzene rings is 4. The van der Waals surface area contributed by atoms with E-state index in [2.05, 4.69) is 11.9 Å². The maximum atomic E-state index is 14.7. The van der Waals surface area contributed by atoms with Crippen LogP contribution in [0.3, 0.4) is 0 Å². The van der Waals surface area contributed by atoms with Crippen molar-refractivity contribution in [2.24, 2.45) is 7.05 Å². The second kappa shape index (κ2) is 15.9. The van der Waals surface area contributed by atoms with Gasteiger partial charge in [-0.15, -0.1) is 6.58 Å². The average molecular weight is 741 g/mol. The Labute approximate surface area is 319 Å². The minimum absolute atomic E-state index is 0.0748. The normalized spacial score (nSPS) is 17.3. The lowest BCUT2D eigenvalue weighted by molar-refractivity contribution is -0.205. The zero-order valence-corrected chi connectivity index (χ0v) is 30.9. The number of piperazine rings is 1. The molecule has 7 rings (SSSR count). The van der Waals surface area contributed by atoms with Gasteiger partial charge in [-0.05, 0) is 47.4 Å². The number of nitrogens with one attached hydrogen (secondary N) is 1. The van der Waals surface area contributed by atoms with Crippen LogP contribution in [0, 0.1) is 0 Å². The summed E-state index contributed by atoms with van der Waals surface area (Å²) in [5.41, 5.74) is 4.43. The van der Waals surface area contributed by atoms with Crippen molar-refractivity contribution in [2.45, 2.75) is 38.0 Å². The summed E-state index contributed by atoms with van der Waals surface area (Å²) in [6.45, 7) is 4.32. The van der Waals surface area contributed by atoms with Crippen molar-refractivity contribution >= 4 is 40.2 Å². The molecule has 2 saturated heterocycles. The highest BCUT2D eigenvalue weighted by molar-refractivity contribution is 6.13. The number of methoxy groups -OCH3 is 1. The van der Waals surface area contributed by atoms with Crippen LogP contribution in [-0.4, -0.2) is 92.1 Å². The summed E-state index contributed by atoms with van der Waals surface area (Å²) >= 11 is 0. The fraction of sp³-hybridized carbons (Fsp3) is 0.256. The summed E-state index contributed by atoms with van der Waals surface area (Å²) < 4.78 is 7.20. The summed E-state index contributed by atoms with van der Waals surface area (Å²) in [6, 6.07) is 28.3. The number of phenolic OH excluding ortho intramolecular Hbond substituents is 1. The maximum Gasteiger partial charge on any atom is 0.257 e. The molecule has 4 aromatic carbocycles. The van der Waals surface area contributed by atoms with Gasteiger partial charge in [-0.1, -0.05) is 72.8 Å². The number of carbonyl (C=O) groups excluding carboxylic acids is 4. The molecule has 12 nitrogen and oxygen atoms in total. The smallest absolute Gasteiger partial charge is 0.257 e. The van der Waals surface area contributed by atoms with Crippen molar-refractivity contribution in [3.05, 3.63) is 138 Å². The van der Waals surface area contributed by atoms with Crippen molar-refractivity contribution in [3.8, 4) is 11.5 Å². The Bertz CT molecular complexity index is 2240. The Balaban J connectivity index is 1.23. The van der Waals surface area contributed by atoms with Crippen LogP contribution in [0.5, 0.6) is 11.5 Å². The van der Waals surface area contributed by atoms with E-state index in [1.807, 2.05) is 60.1 Å². The van der Waals surface area contributed by atoms with Crippen molar-refractivity contribution in [1.82, 2.24) is 24.4 Å². The third kappa shape index (κ3) is 7.67. The lowest BCUT2D eigenvalue weighted by Crippen LogP contribution is -2.75. The molecule has 0 aliphatic carbocycles. The molecule has 12 heteroatoms. The van der Waals surface area contributed by atoms with Crippen molar-refractivity contribution in [2.75, 3.05) is 32.1 Å². The van der Waals surface area contributed by atoms with Crippen molar-refractivity contribution in [1.29, 1.82) is 0 Å². The predicted molar refractivity (Wildman–Crippen MR) is 209 cm³/mol. The van der Waals surface area contributed by atoms with Gasteiger partial charge in [0.1, 0.15) is 23.7 Å². The molecule has 2 aliphatic rings. The third-order valence-electron chi connectivity index (χ3n) is 10.3. The number of aryl methyl sites for hydroxylation is 2. The first-order chi connectivity index (χ1) is 26.6. The number of amides is 4.